The molecule has 2 N–H and O–H groups in total. The van der Waals surface area contributed by atoms with Crippen LogP contribution in [0.2, 0.25) is 0 Å². The smallest absolute Gasteiger partial charge is 0.346 e. The minimum atomic E-state index is -1.12. The number of carbonyl (C=O) groups excluding carboxylic acids is 2. The Balaban J connectivity index is 2.04. The Kier molecular flexibility index (Phi) is 3.27. The van der Waals surface area contributed by atoms with Gasteiger partial charge in [0.05, 0.1) is 22.3 Å². The first-order valence-corrected chi connectivity index (χ1v) is 8.55. The van der Waals surface area contributed by atoms with Crippen LogP contribution in [0, 0.1) is 0 Å². The zero-order valence-corrected chi connectivity index (χ0v) is 14.6. The standard InChI is InChI=1S/C22H10O7/c23-19(24)9-2-4-12-13(5-9)11-3-1-10(20(25)26)6-14(11)16-8-18-17(7-15(12)16)21(27)29-22(18)28/h1-8H,(H,23,24)(H,25,26). The van der Waals surface area contributed by atoms with Crippen LogP contribution in [0.4, 0.5) is 0 Å². The lowest BCUT2D eigenvalue weighted by Gasteiger charge is -2.12. The normalized spacial score (nSPS) is 13.1. The maximum absolute atomic E-state index is 12.0. The van der Waals surface area contributed by atoms with Crippen molar-refractivity contribution in [1.29, 1.82) is 0 Å². The van der Waals surface area contributed by atoms with Gasteiger partial charge in [-0.1, -0.05) is 12.1 Å². The third kappa shape index (κ3) is 2.31. The lowest BCUT2D eigenvalue weighted by molar-refractivity contribution is 0.0442. The van der Waals surface area contributed by atoms with Crippen LogP contribution in [0.25, 0.3) is 32.3 Å². The van der Waals surface area contributed by atoms with Crippen molar-refractivity contribution in [1.82, 2.24) is 0 Å². The van der Waals surface area contributed by atoms with E-state index in [1.54, 1.807) is 12.1 Å². The van der Waals surface area contributed by atoms with E-state index in [0.717, 1.165) is 0 Å². The SMILES string of the molecule is O=C(O)c1ccc2c(c1)c1ccc(C(=O)O)cc1c1cc3c(cc21)C(=O)OC3=O. The van der Waals surface area contributed by atoms with E-state index in [1.165, 1.54) is 36.4 Å². The summed E-state index contributed by atoms with van der Waals surface area (Å²) < 4.78 is 4.69. The summed E-state index contributed by atoms with van der Waals surface area (Å²) in [4.78, 5) is 46.9. The Hall–Kier alpha value is -4.26. The average molecular weight is 386 g/mol. The second-order valence-electron chi connectivity index (χ2n) is 6.75. The highest BCUT2D eigenvalue weighted by atomic mass is 16.6. The molecule has 1 aliphatic heterocycles. The molecule has 0 amide bonds. The number of ether oxygens (including phenoxy) is 1. The minimum Gasteiger partial charge on any atom is -0.478 e. The maximum atomic E-state index is 12.0. The van der Waals surface area contributed by atoms with Crippen LogP contribution in [0.15, 0.2) is 48.5 Å². The van der Waals surface area contributed by atoms with Gasteiger partial charge in [-0.25, -0.2) is 19.2 Å². The molecule has 0 unspecified atom stereocenters. The summed E-state index contributed by atoms with van der Waals surface area (Å²) in [5, 5.41) is 22.4. The molecule has 4 aromatic rings. The summed E-state index contributed by atoms with van der Waals surface area (Å²) in [7, 11) is 0. The van der Waals surface area contributed by atoms with Crippen LogP contribution in [-0.2, 0) is 4.74 Å². The Morgan fingerprint density at radius 1 is 0.586 bits per heavy atom. The fourth-order valence-corrected chi connectivity index (χ4v) is 3.85. The molecule has 0 aromatic heterocycles. The van der Waals surface area contributed by atoms with Crippen molar-refractivity contribution in [2.24, 2.45) is 0 Å². The number of hydrogen-bond acceptors (Lipinski definition) is 5. The average Bonchev–Trinajstić information content (AvgIpc) is 2.99. The van der Waals surface area contributed by atoms with Gasteiger partial charge in [0, 0.05) is 0 Å². The highest BCUT2D eigenvalue weighted by Crippen LogP contribution is 2.38. The second-order valence-corrected chi connectivity index (χ2v) is 6.75. The molecule has 1 aliphatic rings. The molecule has 0 fully saturated rings. The Bertz CT molecular complexity index is 1460. The molecule has 140 valence electrons. The molecular weight excluding hydrogens is 376 g/mol. The third-order valence-electron chi connectivity index (χ3n) is 5.19. The number of hydrogen-bond donors (Lipinski definition) is 2. The number of rotatable bonds is 2. The Labute approximate surface area is 161 Å². The minimum absolute atomic E-state index is 0.0479. The van der Waals surface area contributed by atoms with Gasteiger partial charge < -0.3 is 14.9 Å². The van der Waals surface area contributed by atoms with Gasteiger partial charge >= 0.3 is 23.9 Å². The number of carboxylic acid groups (broad SMARTS) is 2. The fraction of sp³-hybridized carbons (Fsp3) is 0. The van der Waals surface area contributed by atoms with Crippen molar-refractivity contribution in [3.05, 3.63) is 70.8 Å². The Morgan fingerprint density at radius 2 is 0.966 bits per heavy atom. The highest BCUT2D eigenvalue weighted by molar-refractivity contribution is 6.29. The van der Waals surface area contributed by atoms with E-state index in [0.29, 0.717) is 32.3 Å². The number of cyclic esters (lactones) is 2. The summed E-state index contributed by atoms with van der Waals surface area (Å²) in [6.45, 7) is 0. The van der Waals surface area contributed by atoms with E-state index in [2.05, 4.69) is 4.74 Å². The van der Waals surface area contributed by atoms with Crippen molar-refractivity contribution < 1.29 is 34.1 Å². The molecule has 4 aromatic carbocycles. The zero-order valence-electron chi connectivity index (χ0n) is 14.6. The summed E-state index contributed by atoms with van der Waals surface area (Å²) >= 11 is 0. The number of esters is 2. The monoisotopic (exact) mass is 386 g/mol. The molecule has 0 saturated heterocycles. The molecule has 0 aliphatic carbocycles. The molecule has 0 saturated carbocycles. The predicted octanol–water partition coefficient (Wildman–Crippen LogP) is 3.85. The van der Waals surface area contributed by atoms with E-state index >= 15 is 0 Å². The fourth-order valence-electron chi connectivity index (χ4n) is 3.85. The van der Waals surface area contributed by atoms with Gasteiger partial charge in [-0.15, -0.1) is 0 Å². The largest absolute Gasteiger partial charge is 0.478 e. The number of benzene rings is 4. The molecule has 1 heterocycles. The first-order valence-electron chi connectivity index (χ1n) is 8.55. The van der Waals surface area contributed by atoms with E-state index in [4.69, 9.17) is 0 Å². The first kappa shape index (κ1) is 16.9. The maximum Gasteiger partial charge on any atom is 0.346 e. The topological polar surface area (TPSA) is 118 Å². The van der Waals surface area contributed by atoms with Gasteiger partial charge in [0.1, 0.15) is 0 Å². The molecule has 7 heteroatoms. The van der Waals surface area contributed by atoms with Gasteiger partial charge in [0.2, 0.25) is 0 Å². The molecule has 0 spiro atoms. The van der Waals surface area contributed by atoms with Crippen molar-refractivity contribution in [3.8, 4) is 0 Å². The van der Waals surface area contributed by atoms with Gasteiger partial charge in [0.25, 0.3) is 0 Å². The second kappa shape index (κ2) is 5.62. The van der Waals surface area contributed by atoms with E-state index in [9.17, 15) is 29.4 Å². The summed E-state index contributed by atoms with van der Waals surface area (Å²) in [5.41, 5.74) is 0.369. The van der Waals surface area contributed by atoms with Crippen molar-refractivity contribution in [2.75, 3.05) is 0 Å². The molecule has 0 atom stereocenters. The molecule has 5 rings (SSSR count). The molecule has 7 nitrogen and oxygen atoms in total. The van der Waals surface area contributed by atoms with Crippen molar-refractivity contribution in [3.63, 3.8) is 0 Å². The summed E-state index contributed by atoms with van der Waals surface area (Å²) in [6, 6.07) is 12.2. The van der Waals surface area contributed by atoms with Gasteiger partial charge in [0.15, 0.2) is 0 Å². The highest BCUT2D eigenvalue weighted by Gasteiger charge is 2.30. The van der Waals surface area contributed by atoms with Gasteiger partial charge in [-0.3, -0.25) is 0 Å². The number of carboxylic acids is 2. The van der Waals surface area contributed by atoms with E-state index < -0.39 is 23.9 Å². The molecule has 29 heavy (non-hydrogen) atoms. The third-order valence-corrected chi connectivity index (χ3v) is 5.19. The van der Waals surface area contributed by atoms with E-state index in [-0.39, 0.29) is 22.3 Å². The molecular formula is C22H10O7. The van der Waals surface area contributed by atoms with Crippen LogP contribution in [0.3, 0.4) is 0 Å². The predicted molar refractivity (Wildman–Crippen MR) is 103 cm³/mol. The number of fused-ring (bicyclic) bond motifs is 7. The van der Waals surface area contributed by atoms with E-state index in [1.807, 2.05) is 0 Å². The van der Waals surface area contributed by atoms with Crippen LogP contribution in [0.5, 0.6) is 0 Å². The molecule has 0 bridgehead atoms. The van der Waals surface area contributed by atoms with Gasteiger partial charge in [-0.2, -0.15) is 0 Å². The van der Waals surface area contributed by atoms with Crippen molar-refractivity contribution in [2.45, 2.75) is 0 Å². The lowest BCUT2D eigenvalue weighted by Crippen LogP contribution is -1.99. The number of aromatic carboxylic acids is 2. The zero-order chi connectivity index (χ0) is 20.4. The molecule has 0 radical (unpaired) electrons. The number of carbonyl (C=O) groups is 4. The first-order chi connectivity index (χ1) is 13.8. The lowest BCUT2D eigenvalue weighted by atomic mass is 9.90. The Morgan fingerprint density at radius 3 is 1.41 bits per heavy atom. The van der Waals surface area contributed by atoms with Crippen LogP contribution in [-0.4, -0.2) is 34.1 Å². The van der Waals surface area contributed by atoms with Crippen molar-refractivity contribution >= 4 is 56.2 Å². The quantitative estimate of drug-likeness (QED) is 0.305. The van der Waals surface area contributed by atoms with Crippen LogP contribution < -0.4 is 0 Å². The summed E-state index contributed by atoms with van der Waals surface area (Å²) in [5.74, 6) is -3.71. The van der Waals surface area contributed by atoms with Gasteiger partial charge in [-0.05, 0) is 68.7 Å². The van der Waals surface area contributed by atoms with Crippen LogP contribution >= 0.6 is 0 Å². The summed E-state index contributed by atoms with van der Waals surface area (Å²) in [6.07, 6.45) is 0. The van der Waals surface area contributed by atoms with Crippen LogP contribution in [0.1, 0.15) is 41.4 Å².